The number of carbonyl (C=O) groups is 1. The zero-order chi connectivity index (χ0) is 25.8. The predicted molar refractivity (Wildman–Crippen MR) is 127 cm³/mol. The molecule has 3 rings (SSSR count). The van der Waals surface area contributed by atoms with E-state index in [-0.39, 0.29) is 17.0 Å². The van der Waals surface area contributed by atoms with Crippen molar-refractivity contribution in [1.29, 1.82) is 0 Å². The van der Waals surface area contributed by atoms with Crippen LogP contribution in [0.1, 0.15) is 29.8 Å². The molecule has 1 aliphatic rings. The highest BCUT2D eigenvalue weighted by Gasteiger charge is 2.34. The first-order chi connectivity index (χ1) is 16.4. The van der Waals surface area contributed by atoms with E-state index in [2.05, 4.69) is 20.5 Å². The fourth-order valence-corrected chi connectivity index (χ4v) is 5.57. The molecular weight excluding hydrogens is 483 g/mol. The Morgan fingerprint density at radius 3 is 2.37 bits per heavy atom. The number of carbonyl (C=O) groups excluding carboxylic acids is 1. The van der Waals surface area contributed by atoms with E-state index in [0.717, 1.165) is 23.5 Å². The lowest BCUT2D eigenvalue weighted by Gasteiger charge is -2.36. The smallest absolute Gasteiger partial charge is 0.337 e. The van der Waals surface area contributed by atoms with Gasteiger partial charge in [0.2, 0.25) is 10.0 Å². The standard InChI is InChI=1S/C23H30F3N5O3S/c1-16-13-19(14-17(2)28-16)29-22(32)27-9-12-31-10-7-20(8-11-31)30(3)35(33,34)21-6-4-5-18(15-21)23(24,25)26/h4-6,13-15,20H,7-12H2,1-3H3,(H2,27,28,29,32). The Kier molecular flexibility index (Phi) is 8.39. The normalized spacial score (nSPS) is 15.9. The van der Waals surface area contributed by atoms with Crippen LogP contribution in [0.3, 0.4) is 0 Å². The summed E-state index contributed by atoms with van der Waals surface area (Å²) in [6, 6.07) is 6.73. The van der Waals surface area contributed by atoms with Crippen molar-refractivity contribution in [2.24, 2.45) is 0 Å². The Hall–Kier alpha value is -2.70. The van der Waals surface area contributed by atoms with Crippen molar-refractivity contribution >= 4 is 21.7 Å². The quantitative estimate of drug-likeness (QED) is 0.590. The fraction of sp³-hybridized carbons (Fsp3) is 0.478. The van der Waals surface area contributed by atoms with Gasteiger partial charge in [0.25, 0.3) is 0 Å². The van der Waals surface area contributed by atoms with Crippen molar-refractivity contribution in [2.45, 2.75) is 43.8 Å². The highest BCUT2D eigenvalue weighted by Crippen LogP contribution is 2.31. The van der Waals surface area contributed by atoms with Crippen molar-refractivity contribution in [3.05, 3.63) is 53.3 Å². The average Bonchev–Trinajstić information content (AvgIpc) is 2.78. The molecule has 1 aromatic carbocycles. The molecule has 8 nitrogen and oxygen atoms in total. The number of nitrogens with one attached hydrogen (secondary N) is 2. The fourth-order valence-electron chi connectivity index (χ4n) is 4.11. The molecule has 192 valence electrons. The number of pyridine rings is 1. The summed E-state index contributed by atoms with van der Waals surface area (Å²) in [7, 11) is -2.65. The molecule has 2 aromatic rings. The second-order valence-electron chi connectivity index (χ2n) is 8.64. The zero-order valence-corrected chi connectivity index (χ0v) is 20.7. The number of aryl methyl sites for hydroxylation is 2. The largest absolute Gasteiger partial charge is 0.416 e. The summed E-state index contributed by atoms with van der Waals surface area (Å²) < 4.78 is 66.0. The summed E-state index contributed by atoms with van der Waals surface area (Å²) in [5.74, 6) is 0. The van der Waals surface area contributed by atoms with Crippen molar-refractivity contribution in [3.8, 4) is 0 Å². The summed E-state index contributed by atoms with van der Waals surface area (Å²) in [4.78, 5) is 18.2. The number of piperidine rings is 1. The minimum absolute atomic E-state index is 0.319. The first-order valence-corrected chi connectivity index (χ1v) is 12.7. The monoisotopic (exact) mass is 513 g/mol. The first-order valence-electron chi connectivity index (χ1n) is 11.2. The second-order valence-corrected chi connectivity index (χ2v) is 10.6. The lowest BCUT2D eigenvalue weighted by molar-refractivity contribution is -0.137. The molecular formula is C23H30F3N5O3S. The Morgan fingerprint density at radius 1 is 1.14 bits per heavy atom. The van der Waals surface area contributed by atoms with Gasteiger partial charge in [-0.25, -0.2) is 13.2 Å². The molecule has 0 spiro atoms. The average molecular weight is 514 g/mol. The number of alkyl halides is 3. The highest BCUT2D eigenvalue weighted by atomic mass is 32.2. The van der Waals surface area contributed by atoms with Gasteiger partial charge in [-0.15, -0.1) is 0 Å². The lowest BCUT2D eigenvalue weighted by Crippen LogP contribution is -2.47. The number of aromatic nitrogens is 1. The maximum atomic E-state index is 13.0. The summed E-state index contributed by atoms with van der Waals surface area (Å²) in [6.07, 6.45) is -3.54. The van der Waals surface area contributed by atoms with Crippen molar-refractivity contribution in [2.75, 3.05) is 38.5 Å². The van der Waals surface area contributed by atoms with Gasteiger partial charge in [-0.3, -0.25) is 4.98 Å². The van der Waals surface area contributed by atoms with E-state index in [1.54, 1.807) is 12.1 Å². The third kappa shape index (κ3) is 7.15. The van der Waals surface area contributed by atoms with Crippen LogP contribution in [0.15, 0.2) is 41.3 Å². The topological polar surface area (TPSA) is 94.6 Å². The number of benzene rings is 1. The number of sulfonamides is 1. The van der Waals surface area contributed by atoms with Crippen LogP contribution in [-0.4, -0.2) is 67.9 Å². The van der Waals surface area contributed by atoms with Gasteiger partial charge in [-0.05, 0) is 70.1 Å². The van der Waals surface area contributed by atoms with Gasteiger partial charge in [0, 0.05) is 43.3 Å². The molecule has 0 saturated carbocycles. The SMILES string of the molecule is Cc1cc(NC(=O)NCCN2CCC(N(C)S(=O)(=O)c3cccc(C(F)(F)F)c3)CC2)cc(C)n1. The Bertz CT molecular complexity index is 1130. The van der Waals surface area contributed by atoms with Gasteiger partial charge < -0.3 is 15.5 Å². The Morgan fingerprint density at radius 2 is 1.77 bits per heavy atom. The van der Waals surface area contributed by atoms with Crippen LogP contribution in [-0.2, 0) is 16.2 Å². The Balaban J connectivity index is 1.47. The molecule has 0 unspecified atom stereocenters. The molecule has 2 amide bonds. The van der Waals surface area contributed by atoms with Crippen molar-refractivity contribution in [3.63, 3.8) is 0 Å². The maximum absolute atomic E-state index is 13.0. The number of hydrogen-bond acceptors (Lipinski definition) is 5. The van der Waals surface area contributed by atoms with Crippen LogP contribution in [0, 0.1) is 13.8 Å². The molecule has 1 aromatic heterocycles. The number of likely N-dealkylation sites (tertiary alicyclic amines) is 1. The van der Waals surface area contributed by atoms with Crippen LogP contribution >= 0.6 is 0 Å². The molecule has 0 aliphatic carbocycles. The van der Waals surface area contributed by atoms with Gasteiger partial charge in [0.15, 0.2) is 0 Å². The van der Waals surface area contributed by atoms with Gasteiger partial charge in [0.1, 0.15) is 0 Å². The van der Waals surface area contributed by atoms with Crippen LogP contribution in [0.5, 0.6) is 0 Å². The number of nitrogens with zero attached hydrogens (tertiary/aromatic N) is 3. The summed E-state index contributed by atoms with van der Waals surface area (Å²) >= 11 is 0. The van der Waals surface area contributed by atoms with Crippen LogP contribution in [0.4, 0.5) is 23.7 Å². The number of urea groups is 1. The highest BCUT2D eigenvalue weighted by molar-refractivity contribution is 7.89. The number of anilines is 1. The number of rotatable bonds is 7. The third-order valence-electron chi connectivity index (χ3n) is 5.96. The van der Waals surface area contributed by atoms with Crippen LogP contribution in [0.2, 0.25) is 0 Å². The molecule has 1 aliphatic heterocycles. The molecule has 0 radical (unpaired) electrons. The molecule has 12 heteroatoms. The number of hydrogen-bond donors (Lipinski definition) is 2. The van der Waals surface area contributed by atoms with E-state index >= 15 is 0 Å². The van der Waals surface area contributed by atoms with Crippen molar-refractivity contribution < 1.29 is 26.4 Å². The third-order valence-corrected chi connectivity index (χ3v) is 7.87. The van der Waals surface area contributed by atoms with Gasteiger partial charge in [-0.1, -0.05) is 6.07 Å². The molecule has 35 heavy (non-hydrogen) atoms. The van der Waals surface area contributed by atoms with E-state index in [1.807, 2.05) is 13.8 Å². The predicted octanol–water partition coefficient (Wildman–Crippen LogP) is 3.62. The molecule has 0 atom stereocenters. The molecule has 0 bridgehead atoms. The number of halogens is 3. The van der Waals surface area contributed by atoms with E-state index in [4.69, 9.17) is 0 Å². The zero-order valence-electron chi connectivity index (χ0n) is 19.9. The van der Waals surface area contributed by atoms with E-state index < -0.39 is 21.8 Å². The molecule has 1 saturated heterocycles. The van der Waals surface area contributed by atoms with Gasteiger partial charge in [-0.2, -0.15) is 17.5 Å². The molecule has 1 fully saturated rings. The van der Waals surface area contributed by atoms with E-state index in [9.17, 15) is 26.4 Å². The van der Waals surface area contributed by atoms with Crippen molar-refractivity contribution in [1.82, 2.24) is 19.5 Å². The molecule has 2 N–H and O–H groups in total. The Labute approximate surface area is 203 Å². The second kappa shape index (κ2) is 10.9. The van der Waals surface area contributed by atoms with Crippen LogP contribution in [0.25, 0.3) is 0 Å². The summed E-state index contributed by atoms with van der Waals surface area (Å²) in [5.41, 5.74) is 1.29. The number of amides is 2. The maximum Gasteiger partial charge on any atom is 0.416 e. The van der Waals surface area contributed by atoms with E-state index in [0.29, 0.717) is 50.8 Å². The minimum Gasteiger partial charge on any atom is -0.337 e. The van der Waals surface area contributed by atoms with Gasteiger partial charge >= 0.3 is 12.2 Å². The molecule has 2 heterocycles. The van der Waals surface area contributed by atoms with E-state index in [1.165, 1.54) is 17.4 Å². The lowest BCUT2D eigenvalue weighted by atomic mass is 10.1. The van der Waals surface area contributed by atoms with Crippen LogP contribution < -0.4 is 10.6 Å². The summed E-state index contributed by atoms with van der Waals surface area (Å²) in [6.45, 7) is 5.93. The first kappa shape index (κ1) is 26.9. The minimum atomic E-state index is -4.61. The van der Waals surface area contributed by atoms with Gasteiger partial charge in [0.05, 0.1) is 10.5 Å². The summed E-state index contributed by atoms with van der Waals surface area (Å²) in [5, 5.41) is 5.58.